The number of ketones is 1. The van der Waals surface area contributed by atoms with E-state index in [4.69, 9.17) is 16.3 Å². The minimum atomic E-state index is -0.471. The number of hydrogen-bond acceptors (Lipinski definition) is 4. The number of hydrogen-bond donors (Lipinski definition) is 0. The van der Waals surface area contributed by atoms with Gasteiger partial charge in [0, 0.05) is 31.7 Å². The fourth-order valence-corrected chi connectivity index (χ4v) is 2.26. The molecule has 2 heterocycles. The predicted octanol–water partition coefficient (Wildman–Crippen LogP) is 2.17. The van der Waals surface area contributed by atoms with Crippen LogP contribution in [0.25, 0.3) is 0 Å². The molecule has 0 radical (unpaired) electrons. The molecule has 1 aliphatic heterocycles. The van der Waals surface area contributed by atoms with Crippen molar-refractivity contribution in [2.24, 2.45) is 5.92 Å². The second-order valence-electron chi connectivity index (χ2n) is 6.26. The summed E-state index contributed by atoms with van der Waals surface area (Å²) < 4.78 is 7.01. The number of carbonyl (C=O) groups excluding carboxylic acids is 2. The van der Waals surface area contributed by atoms with Crippen molar-refractivity contribution in [1.82, 2.24) is 14.7 Å². The van der Waals surface area contributed by atoms with Gasteiger partial charge in [0.15, 0.2) is 5.78 Å². The number of ether oxygens (including phenoxy) is 1. The zero-order chi connectivity index (χ0) is 15.6. The second-order valence-corrected chi connectivity index (χ2v) is 6.53. The second kappa shape index (κ2) is 6.05. The van der Waals surface area contributed by atoms with Gasteiger partial charge < -0.3 is 9.64 Å². The molecule has 116 valence electrons. The quantitative estimate of drug-likeness (QED) is 0.631. The van der Waals surface area contributed by atoms with E-state index in [9.17, 15) is 9.59 Å². The molecule has 6 nitrogen and oxygen atoms in total. The van der Waals surface area contributed by atoms with E-state index in [0.717, 1.165) is 0 Å². The molecule has 0 saturated carbocycles. The van der Waals surface area contributed by atoms with Crippen LogP contribution in [0.1, 0.15) is 31.1 Å². The third-order valence-electron chi connectivity index (χ3n) is 3.13. The van der Waals surface area contributed by atoms with Gasteiger partial charge in [-0.05, 0) is 20.8 Å². The molecule has 0 N–H and O–H groups in total. The van der Waals surface area contributed by atoms with Gasteiger partial charge in [0.2, 0.25) is 0 Å². The average molecular weight is 314 g/mol. The number of halogens is 1. The predicted molar refractivity (Wildman–Crippen MR) is 78.6 cm³/mol. The largest absolute Gasteiger partial charge is 0.444 e. The van der Waals surface area contributed by atoms with E-state index in [-0.39, 0.29) is 17.8 Å². The Bertz CT molecular complexity index is 530. The Kier molecular flexibility index (Phi) is 4.56. The van der Waals surface area contributed by atoms with E-state index in [1.807, 2.05) is 20.8 Å². The lowest BCUT2D eigenvalue weighted by Gasteiger charge is -2.39. The van der Waals surface area contributed by atoms with Crippen molar-refractivity contribution >= 4 is 23.5 Å². The van der Waals surface area contributed by atoms with Crippen LogP contribution in [0.3, 0.4) is 0 Å². The van der Waals surface area contributed by atoms with Crippen LogP contribution >= 0.6 is 11.6 Å². The maximum absolute atomic E-state index is 11.8. The molecular weight excluding hydrogens is 294 g/mol. The highest BCUT2D eigenvalue weighted by molar-refractivity contribution is 6.30. The molecule has 1 saturated heterocycles. The van der Waals surface area contributed by atoms with Gasteiger partial charge >= 0.3 is 6.09 Å². The fourth-order valence-electron chi connectivity index (χ4n) is 2.11. The van der Waals surface area contributed by atoms with Gasteiger partial charge in [0.05, 0.1) is 17.6 Å². The molecule has 1 aromatic heterocycles. The van der Waals surface area contributed by atoms with E-state index < -0.39 is 5.60 Å². The molecule has 0 bridgehead atoms. The minimum absolute atomic E-state index is 0.0401. The third kappa shape index (κ3) is 4.20. The number of Topliss-reactive ketones (excluding diaryl/α,β-unsaturated/α-hetero) is 1. The topological polar surface area (TPSA) is 64.4 Å². The summed E-state index contributed by atoms with van der Waals surface area (Å²) in [5.41, 5.74) is 0.0503. The van der Waals surface area contributed by atoms with E-state index in [0.29, 0.717) is 31.1 Å². The van der Waals surface area contributed by atoms with Crippen molar-refractivity contribution in [1.29, 1.82) is 0 Å². The van der Waals surface area contributed by atoms with Crippen LogP contribution in [0, 0.1) is 5.92 Å². The zero-order valence-corrected chi connectivity index (χ0v) is 13.3. The lowest BCUT2D eigenvalue weighted by molar-refractivity contribution is -0.00383. The molecule has 1 amide bonds. The summed E-state index contributed by atoms with van der Waals surface area (Å²) in [4.78, 5) is 24.9. The van der Waals surface area contributed by atoms with Gasteiger partial charge in [-0.2, -0.15) is 5.10 Å². The molecule has 1 fully saturated rings. The standard InChI is InChI=1S/C14H20ClN3O3/c1-14(2,3)21-13(20)17-6-10(7-17)8-18-9-11(5-16-18)12(19)4-15/h5,9-10H,4,6-8H2,1-3H3. The lowest BCUT2D eigenvalue weighted by Crippen LogP contribution is -2.52. The number of rotatable bonds is 4. The van der Waals surface area contributed by atoms with E-state index in [1.165, 1.54) is 6.20 Å². The normalized spacial score (nSPS) is 15.7. The summed E-state index contributed by atoms with van der Waals surface area (Å²) in [6.07, 6.45) is 2.94. The SMILES string of the molecule is CC(C)(C)OC(=O)N1CC(Cn2cc(C(=O)CCl)cn2)C1. The Labute approximate surface area is 129 Å². The van der Waals surface area contributed by atoms with E-state index in [1.54, 1.807) is 15.8 Å². The minimum Gasteiger partial charge on any atom is -0.444 e. The van der Waals surface area contributed by atoms with Gasteiger partial charge in [-0.15, -0.1) is 11.6 Å². The van der Waals surface area contributed by atoms with Crippen LogP contribution < -0.4 is 0 Å². The van der Waals surface area contributed by atoms with Crippen molar-refractivity contribution in [2.75, 3.05) is 19.0 Å². The van der Waals surface area contributed by atoms with Gasteiger partial charge in [-0.1, -0.05) is 0 Å². The van der Waals surface area contributed by atoms with Crippen LogP contribution in [0.15, 0.2) is 12.4 Å². The Balaban J connectivity index is 1.79. The van der Waals surface area contributed by atoms with Crippen LogP contribution in [-0.4, -0.2) is 51.1 Å². The maximum Gasteiger partial charge on any atom is 0.410 e. The molecule has 0 unspecified atom stereocenters. The first-order valence-electron chi connectivity index (χ1n) is 6.88. The van der Waals surface area contributed by atoms with Crippen molar-refractivity contribution in [3.05, 3.63) is 18.0 Å². The van der Waals surface area contributed by atoms with Crippen molar-refractivity contribution in [2.45, 2.75) is 32.9 Å². The number of carbonyl (C=O) groups is 2. The van der Waals surface area contributed by atoms with Crippen LogP contribution in [0.2, 0.25) is 0 Å². The molecule has 0 aromatic carbocycles. The van der Waals surface area contributed by atoms with Gasteiger partial charge in [0.1, 0.15) is 5.60 Å². The highest BCUT2D eigenvalue weighted by Crippen LogP contribution is 2.21. The summed E-state index contributed by atoms with van der Waals surface area (Å²) in [5, 5.41) is 4.14. The van der Waals surface area contributed by atoms with Crippen molar-refractivity contribution in [3.63, 3.8) is 0 Å². The summed E-state index contributed by atoms with van der Waals surface area (Å²) in [5.74, 6) is 0.157. The van der Waals surface area contributed by atoms with Crippen LogP contribution in [-0.2, 0) is 11.3 Å². The Hall–Kier alpha value is -1.56. The van der Waals surface area contributed by atoms with E-state index >= 15 is 0 Å². The summed E-state index contributed by atoms with van der Waals surface area (Å²) in [6, 6.07) is 0. The lowest BCUT2D eigenvalue weighted by atomic mass is 10.0. The van der Waals surface area contributed by atoms with Gasteiger partial charge in [0.25, 0.3) is 0 Å². The molecule has 1 aliphatic rings. The number of likely N-dealkylation sites (tertiary alicyclic amines) is 1. The molecule has 2 rings (SSSR count). The van der Waals surface area contributed by atoms with Crippen molar-refractivity contribution in [3.8, 4) is 0 Å². The van der Waals surface area contributed by atoms with Crippen LogP contribution in [0.5, 0.6) is 0 Å². The number of amides is 1. The maximum atomic E-state index is 11.8. The molecule has 1 aromatic rings. The first kappa shape index (κ1) is 15.8. The van der Waals surface area contributed by atoms with Crippen molar-refractivity contribution < 1.29 is 14.3 Å². The molecule has 7 heteroatoms. The number of aromatic nitrogens is 2. The summed E-state index contributed by atoms with van der Waals surface area (Å²) in [6.45, 7) is 7.51. The molecule has 0 atom stereocenters. The summed E-state index contributed by atoms with van der Waals surface area (Å²) in [7, 11) is 0. The monoisotopic (exact) mass is 313 g/mol. The Morgan fingerprint density at radius 2 is 2.10 bits per heavy atom. The van der Waals surface area contributed by atoms with Gasteiger partial charge in [-0.25, -0.2) is 4.79 Å². The van der Waals surface area contributed by atoms with Gasteiger partial charge in [-0.3, -0.25) is 9.48 Å². The van der Waals surface area contributed by atoms with Crippen LogP contribution in [0.4, 0.5) is 4.79 Å². The molecular formula is C14H20ClN3O3. The van der Waals surface area contributed by atoms with E-state index in [2.05, 4.69) is 5.10 Å². The smallest absolute Gasteiger partial charge is 0.410 e. The molecule has 0 spiro atoms. The third-order valence-corrected chi connectivity index (χ3v) is 3.37. The molecule has 0 aliphatic carbocycles. The average Bonchev–Trinajstić information content (AvgIpc) is 2.78. The molecule has 21 heavy (non-hydrogen) atoms. The fraction of sp³-hybridized carbons (Fsp3) is 0.643. The number of nitrogens with zero attached hydrogens (tertiary/aromatic N) is 3. The highest BCUT2D eigenvalue weighted by Gasteiger charge is 2.33. The Morgan fingerprint density at radius 3 is 2.67 bits per heavy atom. The first-order chi connectivity index (χ1) is 9.78. The number of alkyl halides is 1. The highest BCUT2D eigenvalue weighted by atomic mass is 35.5. The first-order valence-corrected chi connectivity index (χ1v) is 7.41. The Morgan fingerprint density at radius 1 is 1.43 bits per heavy atom. The summed E-state index contributed by atoms with van der Waals surface area (Å²) >= 11 is 5.50. The zero-order valence-electron chi connectivity index (χ0n) is 12.5.